The molecule has 2 rings (SSSR count). The Hall–Kier alpha value is -0.890. The van der Waals surface area contributed by atoms with Gasteiger partial charge in [0.05, 0.1) is 4.90 Å². The number of sulfonamides is 1. The second-order valence-electron chi connectivity index (χ2n) is 5.39. The van der Waals surface area contributed by atoms with E-state index < -0.39 is 10.0 Å². The molecule has 0 atom stereocenters. The highest BCUT2D eigenvalue weighted by Crippen LogP contribution is 2.17. The number of nitrogens with one attached hydrogen (secondary N) is 2. The Morgan fingerprint density at radius 3 is 2.71 bits per heavy atom. The van der Waals surface area contributed by atoms with Gasteiger partial charge >= 0.3 is 0 Å². The second-order valence-corrected chi connectivity index (χ2v) is 7.16. The Labute approximate surface area is 126 Å². The topological polar surface area (TPSA) is 72.4 Å². The molecule has 0 radical (unpaired) electrons. The molecule has 21 heavy (non-hydrogen) atoms. The maximum atomic E-state index is 12.4. The van der Waals surface area contributed by atoms with Crippen LogP contribution in [0.25, 0.3) is 0 Å². The van der Waals surface area contributed by atoms with Crippen molar-refractivity contribution in [3.05, 3.63) is 18.0 Å². The lowest BCUT2D eigenvalue weighted by molar-refractivity contribution is 0.0678. The predicted molar refractivity (Wildman–Crippen MR) is 81.6 cm³/mol. The van der Waals surface area contributed by atoms with E-state index in [0.717, 1.165) is 38.3 Å². The number of hydrogen-bond donors (Lipinski definition) is 2. The minimum absolute atomic E-state index is 0.349. The molecule has 2 N–H and O–H groups in total. The van der Waals surface area contributed by atoms with Gasteiger partial charge in [-0.25, -0.2) is 13.1 Å². The smallest absolute Gasteiger partial charge is 0.242 e. The fourth-order valence-electron chi connectivity index (χ4n) is 2.56. The van der Waals surface area contributed by atoms with E-state index >= 15 is 0 Å². The predicted octanol–water partition coefficient (Wildman–Crippen LogP) is 0.932. The third kappa shape index (κ3) is 4.29. The molecule has 1 aliphatic rings. The summed E-state index contributed by atoms with van der Waals surface area (Å²) >= 11 is 0. The molecule has 1 aliphatic heterocycles. The molecule has 1 fully saturated rings. The van der Waals surface area contributed by atoms with Crippen LogP contribution in [0.3, 0.4) is 0 Å². The summed E-state index contributed by atoms with van der Waals surface area (Å²) in [5.74, 6) is 0.374. The van der Waals surface area contributed by atoms with E-state index in [1.807, 2.05) is 18.5 Å². The van der Waals surface area contributed by atoms with Crippen LogP contribution in [0.4, 0.5) is 0 Å². The van der Waals surface area contributed by atoms with Crippen LogP contribution < -0.4 is 10.0 Å². The summed E-state index contributed by atoms with van der Waals surface area (Å²) in [5.41, 5.74) is 0.978. The first-order valence-corrected chi connectivity index (χ1v) is 8.96. The highest BCUT2D eigenvalue weighted by atomic mass is 32.2. The van der Waals surface area contributed by atoms with Crippen LogP contribution in [0, 0.1) is 5.92 Å². The molecule has 6 nitrogen and oxygen atoms in total. The molecule has 0 aliphatic carbocycles. The van der Waals surface area contributed by atoms with Crippen molar-refractivity contribution in [3.8, 4) is 0 Å². The van der Waals surface area contributed by atoms with Crippen LogP contribution >= 0.6 is 0 Å². The lowest BCUT2D eigenvalue weighted by Gasteiger charge is -2.21. The van der Waals surface area contributed by atoms with Gasteiger partial charge in [-0.05, 0) is 38.8 Å². The SMILES string of the molecule is CCn1cc(S(=O)(=O)NCC2CCOCC2)cc1CNC. The minimum Gasteiger partial charge on any atom is -0.381 e. The number of nitrogens with zero attached hydrogens (tertiary/aromatic N) is 1. The lowest BCUT2D eigenvalue weighted by atomic mass is 10.0. The zero-order valence-corrected chi connectivity index (χ0v) is 13.6. The van der Waals surface area contributed by atoms with Gasteiger partial charge in [0.2, 0.25) is 10.0 Å². The summed E-state index contributed by atoms with van der Waals surface area (Å²) in [6.07, 6.45) is 3.55. The van der Waals surface area contributed by atoms with E-state index in [2.05, 4.69) is 10.0 Å². The average molecular weight is 315 g/mol. The van der Waals surface area contributed by atoms with Crippen molar-refractivity contribution in [2.75, 3.05) is 26.8 Å². The maximum absolute atomic E-state index is 12.4. The number of aromatic nitrogens is 1. The van der Waals surface area contributed by atoms with Crippen molar-refractivity contribution in [2.24, 2.45) is 5.92 Å². The molecular weight excluding hydrogens is 290 g/mol. The molecule has 0 amide bonds. The average Bonchev–Trinajstić information content (AvgIpc) is 2.91. The van der Waals surface area contributed by atoms with E-state index in [4.69, 9.17) is 4.74 Å². The minimum atomic E-state index is -3.43. The molecule has 0 bridgehead atoms. The first-order chi connectivity index (χ1) is 10.1. The summed E-state index contributed by atoms with van der Waals surface area (Å²) in [5, 5.41) is 3.06. The fraction of sp³-hybridized carbons (Fsp3) is 0.714. The first kappa shape index (κ1) is 16.5. The molecule has 0 spiro atoms. The summed E-state index contributed by atoms with van der Waals surface area (Å²) in [4.78, 5) is 0.349. The van der Waals surface area contributed by atoms with E-state index in [0.29, 0.717) is 23.9 Å². The molecule has 1 aromatic heterocycles. The fourth-order valence-corrected chi connectivity index (χ4v) is 3.74. The van der Waals surface area contributed by atoms with Crippen molar-refractivity contribution in [1.29, 1.82) is 0 Å². The van der Waals surface area contributed by atoms with Crippen LogP contribution in [0.1, 0.15) is 25.5 Å². The Kier molecular flexibility index (Phi) is 5.80. The largest absolute Gasteiger partial charge is 0.381 e. The van der Waals surface area contributed by atoms with Gasteiger partial charge in [-0.15, -0.1) is 0 Å². The highest BCUT2D eigenvalue weighted by Gasteiger charge is 2.21. The monoisotopic (exact) mass is 315 g/mol. The van der Waals surface area contributed by atoms with Gasteiger partial charge in [0, 0.05) is 44.7 Å². The van der Waals surface area contributed by atoms with Crippen molar-refractivity contribution < 1.29 is 13.2 Å². The first-order valence-electron chi connectivity index (χ1n) is 7.48. The van der Waals surface area contributed by atoms with Gasteiger partial charge in [0.15, 0.2) is 0 Å². The summed E-state index contributed by atoms with van der Waals surface area (Å²) in [7, 11) is -1.58. The molecule has 120 valence electrons. The van der Waals surface area contributed by atoms with Crippen LogP contribution in [0.5, 0.6) is 0 Å². The van der Waals surface area contributed by atoms with Crippen LogP contribution in [0.15, 0.2) is 17.2 Å². The second kappa shape index (κ2) is 7.40. The van der Waals surface area contributed by atoms with Crippen molar-refractivity contribution in [2.45, 2.75) is 37.8 Å². The van der Waals surface area contributed by atoms with Gasteiger partial charge in [0.25, 0.3) is 0 Å². The maximum Gasteiger partial charge on any atom is 0.242 e. The van der Waals surface area contributed by atoms with E-state index in [1.54, 1.807) is 12.3 Å². The Balaban J connectivity index is 2.04. The van der Waals surface area contributed by atoms with Crippen LogP contribution in [-0.2, 0) is 27.8 Å². The van der Waals surface area contributed by atoms with E-state index in [9.17, 15) is 8.42 Å². The van der Waals surface area contributed by atoms with Gasteiger partial charge in [0.1, 0.15) is 0 Å². The van der Waals surface area contributed by atoms with Gasteiger partial charge in [-0.1, -0.05) is 0 Å². The standard InChI is InChI=1S/C14H25N3O3S/c1-3-17-11-14(8-13(17)10-15-2)21(18,19)16-9-12-4-6-20-7-5-12/h8,11-12,15-16H,3-7,9-10H2,1-2H3. The van der Waals surface area contributed by atoms with Crippen molar-refractivity contribution >= 4 is 10.0 Å². The lowest BCUT2D eigenvalue weighted by Crippen LogP contribution is -2.32. The van der Waals surface area contributed by atoms with Crippen molar-refractivity contribution in [1.82, 2.24) is 14.6 Å². The van der Waals surface area contributed by atoms with Gasteiger partial charge < -0.3 is 14.6 Å². The molecule has 0 aromatic carbocycles. The molecule has 2 heterocycles. The highest BCUT2D eigenvalue weighted by molar-refractivity contribution is 7.89. The molecule has 1 aromatic rings. The Morgan fingerprint density at radius 1 is 1.38 bits per heavy atom. The number of aryl methyl sites for hydroxylation is 1. The molecule has 0 saturated carbocycles. The number of ether oxygens (including phenoxy) is 1. The molecule has 7 heteroatoms. The van der Waals surface area contributed by atoms with Gasteiger partial charge in [-0.2, -0.15) is 0 Å². The number of hydrogen-bond acceptors (Lipinski definition) is 4. The third-order valence-corrected chi connectivity index (χ3v) is 5.26. The Morgan fingerprint density at radius 2 is 2.10 bits per heavy atom. The van der Waals surface area contributed by atoms with Crippen molar-refractivity contribution in [3.63, 3.8) is 0 Å². The van der Waals surface area contributed by atoms with E-state index in [-0.39, 0.29) is 0 Å². The molecule has 1 saturated heterocycles. The molecular formula is C14H25N3O3S. The number of rotatable bonds is 7. The summed E-state index contributed by atoms with van der Waals surface area (Å²) < 4.78 is 34.8. The normalized spacial score (nSPS) is 17.2. The molecule has 0 unspecified atom stereocenters. The zero-order valence-electron chi connectivity index (χ0n) is 12.8. The quantitative estimate of drug-likeness (QED) is 0.785. The van der Waals surface area contributed by atoms with Gasteiger partial charge in [-0.3, -0.25) is 0 Å². The summed E-state index contributed by atoms with van der Waals surface area (Å²) in [6.45, 7) is 5.36. The van der Waals surface area contributed by atoms with Crippen LogP contribution in [0.2, 0.25) is 0 Å². The third-order valence-electron chi connectivity index (χ3n) is 3.87. The van der Waals surface area contributed by atoms with Crippen LogP contribution in [-0.4, -0.2) is 39.8 Å². The van der Waals surface area contributed by atoms with E-state index in [1.165, 1.54) is 0 Å². The summed E-state index contributed by atoms with van der Waals surface area (Å²) in [6, 6.07) is 1.74. The zero-order chi connectivity index (χ0) is 15.3. The Bertz CT molecular complexity index is 548.